The van der Waals surface area contributed by atoms with Crippen molar-refractivity contribution < 1.29 is 14.5 Å². The summed E-state index contributed by atoms with van der Waals surface area (Å²) in [5, 5.41) is 2.87. The molecule has 2 amide bonds. The third-order valence-electron chi connectivity index (χ3n) is 3.79. The van der Waals surface area contributed by atoms with Crippen LogP contribution in [0.2, 0.25) is 0 Å². The highest BCUT2D eigenvalue weighted by Gasteiger charge is 2.15. The third-order valence-corrected chi connectivity index (χ3v) is 3.79. The molecule has 0 heterocycles. The molecular weight excluding hydrogens is 278 g/mol. The second kappa shape index (κ2) is 8.54. The molecule has 1 unspecified atom stereocenters. The molecule has 1 rings (SSSR count). The second-order valence-electron chi connectivity index (χ2n) is 6.08. The average Bonchev–Trinajstić information content (AvgIpc) is 2.46. The van der Waals surface area contributed by atoms with E-state index in [2.05, 4.69) is 31.3 Å². The minimum absolute atomic E-state index is 0.0169. The summed E-state index contributed by atoms with van der Waals surface area (Å²) in [6.07, 6.45) is 1.10. The van der Waals surface area contributed by atoms with Crippen LogP contribution in [0.15, 0.2) is 24.3 Å². The number of carbonyl (C=O) groups is 2. The van der Waals surface area contributed by atoms with Gasteiger partial charge in [-0.15, -0.1) is 0 Å². The summed E-state index contributed by atoms with van der Waals surface area (Å²) >= 11 is 0. The highest BCUT2D eigenvalue weighted by Crippen LogP contribution is 2.20. The zero-order chi connectivity index (χ0) is 16.7. The molecule has 1 aromatic rings. The van der Waals surface area contributed by atoms with Crippen LogP contribution in [0.5, 0.6) is 0 Å². The Hall–Kier alpha value is -1.88. The normalized spacial score (nSPS) is 13.3. The van der Waals surface area contributed by atoms with Crippen molar-refractivity contribution in [3.63, 3.8) is 0 Å². The van der Waals surface area contributed by atoms with Crippen molar-refractivity contribution >= 4 is 17.5 Å². The minimum Gasteiger partial charge on any atom is -0.344 e. The van der Waals surface area contributed by atoms with Crippen LogP contribution < -0.4 is 10.2 Å². The van der Waals surface area contributed by atoms with E-state index in [4.69, 9.17) is 0 Å². The molecule has 0 aliphatic carbocycles. The Labute approximate surface area is 133 Å². The summed E-state index contributed by atoms with van der Waals surface area (Å²) in [6, 6.07) is 7.96. The third kappa shape index (κ3) is 5.85. The van der Waals surface area contributed by atoms with Gasteiger partial charge in [-0.25, -0.2) is 0 Å². The van der Waals surface area contributed by atoms with Crippen molar-refractivity contribution in [1.29, 1.82) is 0 Å². The quantitative estimate of drug-likeness (QED) is 0.781. The standard InChI is InChI=1S/C17H27N3O2/c1-6-13(2)14-7-9-15(10-8-14)18-16(21)11-20(5)12-17(22)19(3)4/h7-10,13H,6,11-12H2,1-5H3,(H,18,21)/p+1/t13-/m1/s1. The molecule has 0 saturated carbocycles. The van der Waals surface area contributed by atoms with E-state index in [0.717, 1.165) is 17.0 Å². The van der Waals surface area contributed by atoms with Crippen LogP contribution in [0.3, 0.4) is 0 Å². The van der Waals surface area contributed by atoms with E-state index in [1.807, 2.05) is 19.2 Å². The smallest absolute Gasteiger partial charge is 0.279 e. The maximum Gasteiger partial charge on any atom is 0.279 e. The maximum atomic E-state index is 12.0. The van der Waals surface area contributed by atoms with Gasteiger partial charge in [0.05, 0.1) is 7.05 Å². The predicted octanol–water partition coefficient (Wildman–Crippen LogP) is 0.742. The lowest BCUT2D eigenvalue weighted by molar-refractivity contribution is -0.862. The summed E-state index contributed by atoms with van der Waals surface area (Å²) in [7, 11) is 5.27. The molecule has 5 nitrogen and oxygen atoms in total. The van der Waals surface area contributed by atoms with Crippen molar-refractivity contribution in [2.75, 3.05) is 39.5 Å². The lowest BCUT2D eigenvalue weighted by Gasteiger charge is -2.16. The Morgan fingerprint density at radius 3 is 2.27 bits per heavy atom. The summed E-state index contributed by atoms with van der Waals surface area (Å²) in [5.74, 6) is 0.459. The highest BCUT2D eigenvalue weighted by atomic mass is 16.2. The van der Waals surface area contributed by atoms with E-state index in [1.54, 1.807) is 14.1 Å². The van der Waals surface area contributed by atoms with E-state index < -0.39 is 0 Å². The number of nitrogens with zero attached hydrogens (tertiary/aromatic N) is 1. The fourth-order valence-corrected chi connectivity index (χ4v) is 2.09. The predicted molar refractivity (Wildman–Crippen MR) is 89.1 cm³/mol. The molecule has 0 aliphatic rings. The molecule has 0 fully saturated rings. The van der Waals surface area contributed by atoms with Crippen LogP contribution in [0.1, 0.15) is 31.7 Å². The molecule has 122 valence electrons. The monoisotopic (exact) mass is 306 g/mol. The van der Waals surface area contributed by atoms with Gasteiger partial charge in [0.1, 0.15) is 0 Å². The van der Waals surface area contributed by atoms with Crippen LogP contribution in [0, 0.1) is 0 Å². The van der Waals surface area contributed by atoms with Gasteiger partial charge in [-0.3, -0.25) is 9.59 Å². The lowest BCUT2D eigenvalue weighted by Crippen LogP contribution is -3.11. The van der Waals surface area contributed by atoms with Gasteiger partial charge in [-0.1, -0.05) is 26.0 Å². The van der Waals surface area contributed by atoms with Crippen LogP contribution in [-0.2, 0) is 9.59 Å². The molecule has 22 heavy (non-hydrogen) atoms. The van der Waals surface area contributed by atoms with Crippen LogP contribution >= 0.6 is 0 Å². The first-order chi connectivity index (χ1) is 10.3. The number of likely N-dealkylation sites (N-methyl/N-ethyl adjacent to an activating group) is 2. The van der Waals surface area contributed by atoms with Crippen molar-refractivity contribution in [2.45, 2.75) is 26.2 Å². The molecular formula is C17H28N3O2+. The first-order valence-corrected chi connectivity index (χ1v) is 7.74. The summed E-state index contributed by atoms with van der Waals surface area (Å²) in [5.41, 5.74) is 2.07. The number of anilines is 1. The number of hydrogen-bond donors (Lipinski definition) is 2. The Morgan fingerprint density at radius 2 is 1.77 bits per heavy atom. The topological polar surface area (TPSA) is 53.9 Å². The van der Waals surface area contributed by atoms with Gasteiger partial charge in [0.25, 0.3) is 11.8 Å². The molecule has 0 bridgehead atoms. The van der Waals surface area contributed by atoms with Crippen molar-refractivity contribution in [2.24, 2.45) is 0 Å². The van der Waals surface area contributed by atoms with Crippen LogP contribution in [0.25, 0.3) is 0 Å². The zero-order valence-electron chi connectivity index (χ0n) is 14.3. The van der Waals surface area contributed by atoms with E-state index in [0.29, 0.717) is 12.5 Å². The fraction of sp³-hybridized carbons (Fsp3) is 0.529. The first-order valence-electron chi connectivity index (χ1n) is 7.74. The highest BCUT2D eigenvalue weighted by molar-refractivity contribution is 5.91. The molecule has 0 saturated heterocycles. The van der Waals surface area contributed by atoms with Crippen molar-refractivity contribution in [3.05, 3.63) is 29.8 Å². The molecule has 0 radical (unpaired) electrons. The van der Waals surface area contributed by atoms with Crippen molar-refractivity contribution in [1.82, 2.24) is 4.90 Å². The second-order valence-corrected chi connectivity index (χ2v) is 6.08. The number of nitrogens with one attached hydrogen (secondary N) is 2. The Morgan fingerprint density at radius 1 is 1.18 bits per heavy atom. The molecule has 2 N–H and O–H groups in total. The van der Waals surface area contributed by atoms with Gasteiger partial charge in [0, 0.05) is 19.8 Å². The zero-order valence-corrected chi connectivity index (χ0v) is 14.3. The van der Waals surface area contributed by atoms with Gasteiger partial charge < -0.3 is 15.1 Å². The fourth-order valence-electron chi connectivity index (χ4n) is 2.09. The Kier molecular flexibility index (Phi) is 7.05. The number of rotatable bonds is 7. The molecule has 2 atom stereocenters. The van der Waals surface area contributed by atoms with E-state index in [-0.39, 0.29) is 18.4 Å². The van der Waals surface area contributed by atoms with Crippen LogP contribution in [0.4, 0.5) is 5.69 Å². The number of amides is 2. The first kappa shape index (κ1) is 18.2. The molecule has 0 aliphatic heterocycles. The van der Waals surface area contributed by atoms with E-state index in [9.17, 15) is 9.59 Å². The SMILES string of the molecule is CC[C@@H](C)c1ccc(NC(=O)C[NH+](C)CC(=O)N(C)C)cc1. The van der Waals surface area contributed by atoms with E-state index in [1.165, 1.54) is 10.5 Å². The number of carbonyl (C=O) groups excluding carboxylic acids is 2. The number of quaternary nitrogens is 1. The minimum atomic E-state index is -0.0830. The number of benzene rings is 1. The van der Waals surface area contributed by atoms with Gasteiger partial charge >= 0.3 is 0 Å². The number of hydrogen-bond acceptors (Lipinski definition) is 2. The largest absolute Gasteiger partial charge is 0.344 e. The molecule has 5 heteroatoms. The molecule has 1 aromatic carbocycles. The Bertz CT molecular complexity index is 497. The van der Waals surface area contributed by atoms with Gasteiger partial charge in [-0.05, 0) is 30.0 Å². The van der Waals surface area contributed by atoms with Gasteiger partial charge in [0.15, 0.2) is 13.1 Å². The molecule has 0 spiro atoms. The summed E-state index contributed by atoms with van der Waals surface area (Å²) in [4.78, 5) is 26.0. The van der Waals surface area contributed by atoms with Gasteiger partial charge in [-0.2, -0.15) is 0 Å². The summed E-state index contributed by atoms with van der Waals surface area (Å²) in [6.45, 7) is 4.93. The van der Waals surface area contributed by atoms with Crippen LogP contribution in [-0.4, -0.2) is 50.9 Å². The lowest BCUT2D eigenvalue weighted by atomic mass is 9.99. The van der Waals surface area contributed by atoms with Gasteiger partial charge in [0.2, 0.25) is 0 Å². The van der Waals surface area contributed by atoms with Crippen molar-refractivity contribution in [3.8, 4) is 0 Å². The summed E-state index contributed by atoms with van der Waals surface area (Å²) < 4.78 is 0. The van der Waals surface area contributed by atoms with E-state index >= 15 is 0 Å². The average molecular weight is 306 g/mol. The maximum absolute atomic E-state index is 12.0. The molecule has 0 aromatic heterocycles. The Balaban J connectivity index is 2.49.